The predicted octanol–water partition coefficient (Wildman–Crippen LogP) is 2.50. The van der Waals surface area contributed by atoms with Gasteiger partial charge in [-0.2, -0.15) is 0 Å². The van der Waals surface area contributed by atoms with Gasteiger partial charge in [0.1, 0.15) is 0 Å². The van der Waals surface area contributed by atoms with Gasteiger partial charge in [-0.1, -0.05) is 23.8 Å². The average molecular weight is 232 g/mol. The molecule has 1 heterocycles. The van der Waals surface area contributed by atoms with Gasteiger partial charge in [0.25, 0.3) is 0 Å². The Kier molecular flexibility index (Phi) is 3.82. The maximum absolute atomic E-state index is 5.70. The lowest BCUT2D eigenvalue weighted by atomic mass is 9.92. The molecule has 0 aliphatic carbocycles. The molecule has 92 valence electrons. The van der Waals surface area contributed by atoms with Gasteiger partial charge < -0.3 is 4.74 Å². The van der Waals surface area contributed by atoms with Crippen LogP contribution in [-0.2, 0) is 4.74 Å². The van der Waals surface area contributed by atoms with E-state index in [1.807, 2.05) is 6.26 Å². The van der Waals surface area contributed by atoms with E-state index >= 15 is 0 Å². The molecule has 1 aromatic carbocycles. The second-order valence-corrected chi connectivity index (χ2v) is 4.63. The Labute approximate surface area is 103 Å². The first-order chi connectivity index (χ1) is 8.22. The molecular formula is C14H20N2O. The molecule has 17 heavy (non-hydrogen) atoms. The molecule has 3 N–H and O–H groups in total. The van der Waals surface area contributed by atoms with E-state index in [0.717, 1.165) is 19.4 Å². The van der Waals surface area contributed by atoms with Crippen molar-refractivity contribution < 1.29 is 4.74 Å². The van der Waals surface area contributed by atoms with Gasteiger partial charge in [-0.15, -0.1) is 0 Å². The summed E-state index contributed by atoms with van der Waals surface area (Å²) in [6, 6.07) is 6.52. The second kappa shape index (κ2) is 5.34. The highest BCUT2D eigenvalue weighted by Crippen LogP contribution is 2.29. The van der Waals surface area contributed by atoms with Crippen molar-refractivity contribution in [2.75, 3.05) is 6.61 Å². The molecule has 1 aliphatic rings. The van der Waals surface area contributed by atoms with Crippen molar-refractivity contribution in [3.63, 3.8) is 0 Å². The monoisotopic (exact) mass is 232 g/mol. The van der Waals surface area contributed by atoms with E-state index in [4.69, 9.17) is 10.6 Å². The van der Waals surface area contributed by atoms with Crippen LogP contribution in [0.5, 0.6) is 0 Å². The summed E-state index contributed by atoms with van der Waals surface area (Å²) in [6.07, 6.45) is 3.96. The molecule has 0 saturated heterocycles. The summed E-state index contributed by atoms with van der Waals surface area (Å²) in [5, 5.41) is 0. The fourth-order valence-corrected chi connectivity index (χ4v) is 2.34. The van der Waals surface area contributed by atoms with Crippen LogP contribution in [0.1, 0.15) is 35.6 Å². The van der Waals surface area contributed by atoms with Gasteiger partial charge in [0, 0.05) is 0 Å². The lowest BCUT2D eigenvalue weighted by Crippen LogP contribution is -2.30. The first-order valence-corrected chi connectivity index (χ1v) is 6.06. The zero-order valence-corrected chi connectivity index (χ0v) is 10.5. The van der Waals surface area contributed by atoms with Crippen LogP contribution < -0.4 is 11.3 Å². The zero-order chi connectivity index (χ0) is 12.3. The van der Waals surface area contributed by atoms with Crippen LogP contribution >= 0.6 is 0 Å². The molecule has 1 aromatic rings. The highest BCUT2D eigenvalue weighted by atomic mass is 16.5. The molecule has 3 nitrogen and oxygen atoms in total. The molecule has 3 heteroatoms. The van der Waals surface area contributed by atoms with Gasteiger partial charge in [-0.25, -0.2) is 5.43 Å². The third-order valence-corrected chi connectivity index (χ3v) is 3.24. The molecule has 2 rings (SSSR count). The van der Waals surface area contributed by atoms with E-state index in [1.165, 1.54) is 22.3 Å². The lowest BCUT2D eigenvalue weighted by Gasteiger charge is -2.24. The Hall–Kier alpha value is -1.32. The van der Waals surface area contributed by atoms with Crippen molar-refractivity contribution in [1.29, 1.82) is 0 Å². The molecule has 0 saturated carbocycles. The van der Waals surface area contributed by atoms with Crippen LogP contribution in [0, 0.1) is 13.8 Å². The van der Waals surface area contributed by atoms with Crippen molar-refractivity contribution in [1.82, 2.24) is 5.43 Å². The van der Waals surface area contributed by atoms with E-state index in [-0.39, 0.29) is 6.04 Å². The number of hydrazine groups is 1. The van der Waals surface area contributed by atoms with Crippen LogP contribution in [0.15, 0.2) is 30.0 Å². The number of hydrogen-bond acceptors (Lipinski definition) is 3. The summed E-state index contributed by atoms with van der Waals surface area (Å²) in [5.74, 6) is 5.70. The minimum atomic E-state index is 0.0656. The normalized spacial score (nSPS) is 17.2. The summed E-state index contributed by atoms with van der Waals surface area (Å²) in [5.41, 5.74) is 7.90. The number of hydrogen-bond donors (Lipinski definition) is 2. The van der Waals surface area contributed by atoms with E-state index in [0.29, 0.717) is 0 Å². The number of benzene rings is 1. The molecule has 0 fully saturated rings. The van der Waals surface area contributed by atoms with Crippen LogP contribution in [0.25, 0.3) is 0 Å². The second-order valence-electron chi connectivity index (χ2n) is 4.63. The molecule has 1 aliphatic heterocycles. The summed E-state index contributed by atoms with van der Waals surface area (Å²) >= 11 is 0. The van der Waals surface area contributed by atoms with Crippen LogP contribution in [0.2, 0.25) is 0 Å². The average Bonchev–Trinajstić information content (AvgIpc) is 2.34. The zero-order valence-electron chi connectivity index (χ0n) is 10.5. The van der Waals surface area contributed by atoms with Crippen molar-refractivity contribution in [3.8, 4) is 0 Å². The van der Waals surface area contributed by atoms with Crippen molar-refractivity contribution in [3.05, 3.63) is 46.7 Å². The van der Waals surface area contributed by atoms with Crippen LogP contribution in [0.4, 0.5) is 0 Å². The molecule has 0 radical (unpaired) electrons. The van der Waals surface area contributed by atoms with Crippen LogP contribution in [0.3, 0.4) is 0 Å². The SMILES string of the molecule is Cc1ccc(C(NN)C2=COCCC2)c(C)c1. The first kappa shape index (κ1) is 12.1. The van der Waals surface area contributed by atoms with E-state index in [9.17, 15) is 0 Å². The maximum atomic E-state index is 5.70. The number of aryl methyl sites for hydroxylation is 2. The minimum absolute atomic E-state index is 0.0656. The van der Waals surface area contributed by atoms with Crippen LogP contribution in [-0.4, -0.2) is 6.61 Å². The number of rotatable bonds is 3. The van der Waals surface area contributed by atoms with Gasteiger partial charge in [0.15, 0.2) is 0 Å². The Bertz CT molecular complexity index is 426. The maximum Gasteiger partial charge on any atom is 0.0876 e. The van der Waals surface area contributed by atoms with Gasteiger partial charge in [0.05, 0.1) is 18.9 Å². The van der Waals surface area contributed by atoms with Crippen molar-refractivity contribution in [2.24, 2.45) is 5.84 Å². The van der Waals surface area contributed by atoms with Gasteiger partial charge in [-0.3, -0.25) is 5.84 Å². The fourth-order valence-electron chi connectivity index (χ4n) is 2.34. The topological polar surface area (TPSA) is 47.3 Å². The summed E-state index contributed by atoms with van der Waals surface area (Å²) in [7, 11) is 0. The smallest absolute Gasteiger partial charge is 0.0876 e. The third kappa shape index (κ3) is 2.68. The molecule has 0 bridgehead atoms. The molecule has 0 spiro atoms. The highest BCUT2D eigenvalue weighted by molar-refractivity contribution is 5.37. The molecule has 0 amide bonds. The summed E-state index contributed by atoms with van der Waals surface area (Å²) < 4.78 is 5.39. The number of nitrogens with one attached hydrogen (secondary N) is 1. The van der Waals surface area contributed by atoms with Crippen molar-refractivity contribution in [2.45, 2.75) is 32.7 Å². The number of ether oxygens (including phenoxy) is 1. The molecular weight excluding hydrogens is 212 g/mol. The van der Waals surface area contributed by atoms with Crippen molar-refractivity contribution >= 4 is 0 Å². The van der Waals surface area contributed by atoms with Gasteiger partial charge >= 0.3 is 0 Å². The van der Waals surface area contributed by atoms with Gasteiger partial charge in [0.2, 0.25) is 0 Å². The van der Waals surface area contributed by atoms with E-state index < -0.39 is 0 Å². The Morgan fingerprint density at radius 2 is 2.18 bits per heavy atom. The van der Waals surface area contributed by atoms with Gasteiger partial charge in [-0.05, 0) is 43.4 Å². The molecule has 1 unspecified atom stereocenters. The molecule has 0 aromatic heterocycles. The highest BCUT2D eigenvalue weighted by Gasteiger charge is 2.19. The minimum Gasteiger partial charge on any atom is -0.501 e. The first-order valence-electron chi connectivity index (χ1n) is 6.06. The van der Waals surface area contributed by atoms with E-state index in [1.54, 1.807) is 0 Å². The van der Waals surface area contributed by atoms with E-state index in [2.05, 4.69) is 37.5 Å². The Morgan fingerprint density at radius 3 is 2.76 bits per heavy atom. The predicted molar refractivity (Wildman–Crippen MR) is 69.2 cm³/mol. The Balaban J connectivity index is 2.31. The fraction of sp³-hybridized carbons (Fsp3) is 0.429. The standard InChI is InChI=1S/C14H20N2O/c1-10-5-6-13(11(2)8-10)14(16-15)12-4-3-7-17-9-12/h5-6,8-9,14,16H,3-4,7,15H2,1-2H3. The molecule has 1 atom stereocenters. The third-order valence-electron chi connectivity index (χ3n) is 3.24. The number of nitrogens with two attached hydrogens (primary N) is 1. The summed E-state index contributed by atoms with van der Waals surface area (Å²) in [4.78, 5) is 0. The summed E-state index contributed by atoms with van der Waals surface area (Å²) in [6.45, 7) is 5.04. The Morgan fingerprint density at radius 1 is 1.35 bits per heavy atom. The lowest BCUT2D eigenvalue weighted by molar-refractivity contribution is 0.219. The quantitative estimate of drug-likeness (QED) is 0.622. The largest absolute Gasteiger partial charge is 0.501 e.